The highest BCUT2D eigenvalue weighted by Gasteiger charge is 2.24. The van der Waals surface area contributed by atoms with Crippen LogP contribution in [0, 0.1) is 0 Å². The molecule has 2 amide bonds. The molecule has 1 aliphatic rings. The van der Waals surface area contributed by atoms with E-state index in [0.29, 0.717) is 29.4 Å². The molecule has 1 aliphatic heterocycles. The van der Waals surface area contributed by atoms with Crippen LogP contribution in [0.2, 0.25) is 0 Å². The lowest BCUT2D eigenvalue weighted by molar-refractivity contribution is 0.0907. The predicted molar refractivity (Wildman–Crippen MR) is 92.3 cm³/mol. The van der Waals surface area contributed by atoms with Crippen LogP contribution in [0.3, 0.4) is 0 Å². The Morgan fingerprint density at radius 3 is 3.00 bits per heavy atom. The Balaban J connectivity index is 1.79. The molecule has 3 rings (SSSR count). The maximum absolute atomic E-state index is 12.6. The number of carbonyl (C=O) groups is 2. The number of anilines is 1. The number of urea groups is 1. The molecule has 1 fully saturated rings. The predicted octanol–water partition coefficient (Wildman–Crippen LogP) is 1.67. The number of aromatic nitrogens is 2. The van der Waals surface area contributed by atoms with Crippen LogP contribution in [0.5, 0.6) is 0 Å². The van der Waals surface area contributed by atoms with Crippen molar-refractivity contribution in [2.24, 2.45) is 4.99 Å². The molecule has 8 heteroatoms. The molecule has 0 bridgehead atoms. The van der Waals surface area contributed by atoms with Gasteiger partial charge in [0.2, 0.25) is 5.91 Å². The average molecular weight is 345 g/mol. The van der Waals surface area contributed by atoms with E-state index in [1.807, 2.05) is 31.4 Å². The van der Waals surface area contributed by atoms with Crippen molar-refractivity contribution in [1.29, 1.82) is 0 Å². The quantitative estimate of drug-likeness (QED) is 0.915. The fourth-order valence-electron chi connectivity index (χ4n) is 2.41. The van der Waals surface area contributed by atoms with Crippen molar-refractivity contribution < 1.29 is 9.59 Å². The molecule has 2 aromatic heterocycles. The van der Waals surface area contributed by atoms with Gasteiger partial charge in [0.05, 0.1) is 12.1 Å². The number of thiazole rings is 1. The second-order valence-corrected chi connectivity index (χ2v) is 6.56. The zero-order chi connectivity index (χ0) is 17.1. The standard InChI is InChI=1S/C16H19N5O2S/c1-11(2)18-13-5-3-4-7-20(13)14(22)9-12-10-24-16(19-12)21-8-6-17-15(21)23/h3-5,7,10-11H,6,8-9H2,1-2H3,(H,17,23). The van der Waals surface area contributed by atoms with Gasteiger partial charge in [-0.15, -0.1) is 11.3 Å². The number of carbonyl (C=O) groups excluding carboxylic acids is 2. The SMILES string of the molecule is CC(C)N=c1ccccn1C(=O)Cc1csc(N2CCNC2=O)n1. The van der Waals surface area contributed by atoms with Crippen molar-refractivity contribution in [2.45, 2.75) is 26.3 Å². The number of hydrogen-bond donors (Lipinski definition) is 1. The van der Waals surface area contributed by atoms with Gasteiger partial charge >= 0.3 is 6.03 Å². The number of nitrogens with zero attached hydrogens (tertiary/aromatic N) is 4. The number of amides is 2. The maximum Gasteiger partial charge on any atom is 0.323 e. The summed E-state index contributed by atoms with van der Waals surface area (Å²) >= 11 is 1.37. The van der Waals surface area contributed by atoms with Gasteiger partial charge in [-0.1, -0.05) is 6.07 Å². The summed E-state index contributed by atoms with van der Waals surface area (Å²) in [5, 5.41) is 5.18. The van der Waals surface area contributed by atoms with E-state index in [-0.39, 0.29) is 24.4 Å². The van der Waals surface area contributed by atoms with Crippen LogP contribution < -0.4 is 15.7 Å². The summed E-state index contributed by atoms with van der Waals surface area (Å²) in [5.74, 6) is -0.0993. The van der Waals surface area contributed by atoms with Crippen molar-refractivity contribution in [2.75, 3.05) is 18.0 Å². The minimum absolute atomic E-state index is 0.0993. The van der Waals surface area contributed by atoms with E-state index in [2.05, 4.69) is 15.3 Å². The van der Waals surface area contributed by atoms with Gasteiger partial charge < -0.3 is 5.32 Å². The van der Waals surface area contributed by atoms with E-state index >= 15 is 0 Å². The van der Waals surface area contributed by atoms with Crippen molar-refractivity contribution in [3.8, 4) is 0 Å². The maximum atomic E-state index is 12.6. The number of hydrogen-bond acceptors (Lipinski definition) is 5. The monoisotopic (exact) mass is 345 g/mol. The summed E-state index contributed by atoms with van der Waals surface area (Å²) in [4.78, 5) is 34.7. The second kappa shape index (κ2) is 6.96. The normalized spacial score (nSPS) is 15.2. The molecule has 1 N–H and O–H groups in total. The van der Waals surface area contributed by atoms with Gasteiger partial charge in [-0.2, -0.15) is 0 Å². The van der Waals surface area contributed by atoms with Crippen molar-refractivity contribution in [3.63, 3.8) is 0 Å². The summed E-state index contributed by atoms with van der Waals surface area (Å²) in [6.45, 7) is 5.16. The van der Waals surface area contributed by atoms with Gasteiger partial charge in [0.15, 0.2) is 5.13 Å². The highest BCUT2D eigenvalue weighted by atomic mass is 32.1. The highest BCUT2D eigenvalue weighted by Crippen LogP contribution is 2.22. The fourth-order valence-corrected chi connectivity index (χ4v) is 3.26. The Morgan fingerprint density at radius 2 is 2.29 bits per heavy atom. The van der Waals surface area contributed by atoms with E-state index in [1.54, 1.807) is 21.7 Å². The van der Waals surface area contributed by atoms with E-state index in [4.69, 9.17) is 0 Å². The fraction of sp³-hybridized carbons (Fsp3) is 0.375. The Kier molecular flexibility index (Phi) is 4.75. The highest BCUT2D eigenvalue weighted by molar-refractivity contribution is 7.14. The smallest absolute Gasteiger partial charge is 0.323 e. The van der Waals surface area contributed by atoms with Gasteiger partial charge in [-0.05, 0) is 26.0 Å². The largest absolute Gasteiger partial charge is 0.336 e. The molecule has 0 unspecified atom stereocenters. The van der Waals surface area contributed by atoms with Gasteiger partial charge in [0, 0.05) is 30.7 Å². The third-order valence-corrected chi connectivity index (χ3v) is 4.37. The van der Waals surface area contributed by atoms with Crippen molar-refractivity contribution >= 4 is 28.4 Å². The average Bonchev–Trinajstić information content (AvgIpc) is 3.16. The Bertz CT molecular complexity index is 824. The first-order valence-electron chi connectivity index (χ1n) is 7.79. The van der Waals surface area contributed by atoms with E-state index in [9.17, 15) is 9.59 Å². The molecule has 0 aliphatic carbocycles. The minimum Gasteiger partial charge on any atom is -0.336 e. The molecule has 24 heavy (non-hydrogen) atoms. The summed E-state index contributed by atoms with van der Waals surface area (Å²) in [5.41, 5.74) is 1.29. The summed E-state index contributed by atoms with van der Waals surface area (Å²) in [7, 11) is 0. The van der Waals surface area contributed by atoms with Gasteiger partial charge in [-0.25, -0.2) is 9.78 Å². The molecule has 0 atom stereocenters. The van der Waals surface area contributed by atoms with Crippen molar-refractivity contribution in [1.82, 2.24) is 14.9 Å². The molecule has 3 heterocycles. The third-order valence-electron chi connectivity index (χ3n) is 3.46. The number of rotatable bonds is 4. The van der Waals surface area contributed by atoms with Crippen LogP contribution in [0.15, 0.2) is 34.8 Å². The summed E-state index contributed by atoms with van der Waals surface area (Å²) in [6, 6.07) is 5.44. The molecule has 126 valence electrons. The van der Waals surface area contributed by atoms with Crippen molar-refractivity contribution in [3.05, 3.63) is 41.0 Å². The molecule has 7 nitrogen and oxygen atoms in total. The Morgan fingerprint density at radius 1 is 1.46 bits per heavy atom. The molecular weight excluding hydrogens is 326 g/mol. The lowest BCUT2D eigenvalue weighted by Gasteiger charge is -2.09. The summed E-state index contributed by atoms with van der Waals surface area (Å²) < 4.78 is 1.54. The zero-order valence-electron chi connectivity index (χ0n) is 13.6. The minimum atomic E-state index is -0.141. The van der Waals surface area contributed by atoms with Crippen LogP contribution in [-0.2, 0) is 6.42 Å². The van der Waals surface area contributed by atoms with Crippen LogP contribution >= 0.6 is 11.3 Å². The molecule has 0 spiro atoms. The Hall–Kier alpha value is -2.48. The van der Waals surface area contributed by atoms with Gasteiger partial charge in [-0.3, -0.25) is 19.3 Å². The second-order valence-electron chi connectivity index (χ2n) is 5.73. The van der Waals surface area contributed by atoms with E-state index in [0.717, 1.165) is 0 Å². The van der Waals surface area contributed by atoms with Crippen LogP contribution in [0.25, 0.3) is 0 Å². The molecule has 1 saturated heterocycles. The lowest BCUT2D eigenvalue weighted by atomic mass is 10.3. The van der Waals surface area contributed by atoms with Gasteiger partial charge in [0.1, 0.15) is 5.49 Å². The number of nitrogens with one attached hydrogen (secondary N) is 1. The topological polar surface area (TPSA) is 79.6 Å². The molecule has 0 radical (unpaired) electrons. The molecule has 0 aromatic carbocycles. The van der Waals surface area contributed by atoms with Gasteiger partial charge in [0.25, 0.3) is 0 Å². The van der Waals surface area contributed by atoms with Crippen LogP contribution in [-0.4, -0.2) is 40.6 Å². The lowest BCUT2D eigenvalue weighted by Crippen LogP contribution is -2.29. The Labute approximate surface area is 143 Å². The first-order valence-corrected chi connectivity index (χ1v) is 8.67. The zero-order valence-corrected chi connectivity index (χ0v) is 14.4. The third kappa shape index (κ3) is 3.53. The van der Waals surface area contributed by atoms with E-state index < -0.39 is 0 Å². The van der Waals surface area contributed by atoms with E-state index in [1.165, 1.54) is 11.3 Å². The summed E-state index contributed by atoms with van der Waals surface area (Å²) in [6.07, 6.45) is 1.88. The first kappa shape index (κ1) is 16.4. The molecule has 0 saturated carbocycles. The van der Waals surface area contributed by atoms with Crippen LogP contribution in [0.4, 0.5) is 9.93 Å². The van der Waals surface area contributed by atoms with Crippen LogP contribution in [0.1, 0.15) is 24.3 Å². The molecule has 2 aromatic rings. The molecular formula is C16H19N5O2S. The number of pyridine rings is 1. The first-order chi connectivity index (χ1) is 11.5.